The summed E-state index contributed by atoms with van der Waals surface area (Å²) in [5.74, 6) is -6.18. The molecule has 0 aliphatic heterocycles. The van der Waals surface area contributed by atoms with Gasteiger partial charge in [0.15, 0.2) is 5.96 Å². The molecule has 232 valence electrons. The van der Waals surface area contributed by atoms with Crippen LogP contribution in [0.15, 0.2) is 29.3 Å². The number of hydrogen-bond donors (Lipinski definition) is 10. The van der Waals surface area contributed by atoms with Crippen LogP contribution in [0.25, 0.3) is 0 Å². The molecule has 1 aromatic rings. The molecule has 17 nitrogen and oxygen atoms in total. The molecule has 0 bridgehead atoms. The lowest BCUT2D eigenvalue weighted by atomic mass is 10.0. The van der Waals surface area contributed by atoms with Crippen LogP contribution in [0.3, 0.4) is 0 Å². The van der Waals surface area contributed by atoms with Crippen molar-refractivity contribution in [2.45, 2.75) is 69.1 Å². The van der Waals surface area contributed by atoms with Gasteiger partial charge in [-0.15, -0.1) is 0 Å². The minimum atomic E-state index is -1.40. The van der Waals surface area contributed by atoms with Crippen LogP contribution in [-0.2, 0) is 35.2 Å². The van der Waals surface area contributed by atoms with Gasteiger partial charge in [0.25, 0.3) is 0 Å². The molecule has 1 aromatic carbocycles. The Morgan fingerprint density at radius 2 is 1.33 bits per heavy atom. The molecule has 14 N–H and O–H groups in total. The summed E-state index contributed by atoms with van der Waals surface area (Å²) in [6, 6.07) is 0.272. The number of carboxylic acids is 2. The highest BCUT2D eigenvalue weighted by molar-refractivity contribution is 5.94. The van der Waals surface area contributed by atoms with Crippen LogP contribution >= 0.6 is 0 Å². The van der Waals surface area contributed by atoms with E-state index < -0.39 is 66.2 Å². The minimum Gasteiger partial charge on any atom is -0.508 e. The molecule has 1 rings (SSSR count). The number of guanidine groups is 1. The number of aliphatic imine (C=N–C) groups is 1. The van der Waals surface area contributed by atoms with Crippen molar-refractivity contribution in [3.63, 3.8) is 0 Å². The Morgan fingerprint density at radius 1 is 0.762 bits per heavy atom. The van der Waals surface area contributed by atoms with Crippen LogP contribution < -0.4 is 38.9 Å². The quantitative estimate of drug-likeness (QED) is 0.0435. The summed E-state index contributed by atoms with van der Waals surface area (Å²) < 4.78 is 0. The second-order valence-electron chi connectivity index (χ2n) is 9.39. The fraction of sp³-hybridized carbons (Fsp3) is 0.480. The number of nitrogens with two attached hydrogens (primary N) is 4. The monoisotopic (exact) mass is 594 g/mol. The summed E-state index contributed by atoms with van der Waals surface area (Å²) >= 11 is 0. The molecule has 0 radical (unpaired) electrons. The summed E-state index contributed by atoms with van der Waals surface area (Å²) in [5.41, 5.74) is 21.9. The zero-order valence-corrected chi connectivity index (χ0v) is 22.8. The van der Waals surface area contributed by atoms with Crippen LogP contribution in [0.5, 0.6) is 5.75 Å². The van der Waals surface area contributed by atoms with Crippen LogP contribution in [-0.4, -0.2) is 87.6 Å². The Morgan fingerprint density at radius 3 is 1.88 bits per heavy atom. The molecule has 4 atom stereocenters. The summed E-state index contributed by atoms with van der Waals surface area (Å²) in [4.78, 5) is 76.7. The van der Waals surface area contributed by atoms with Crippen molar-refractivity contribution in [2.75, 3.05) is 6.54 Å². The lowest BCUT2D eigenvalue weighted by Gasteiger charge is -2.25. The molecule has 0 aromatic heterocycles. The van der Waals surface area contributed by atoms with Crippen LogP contribution in [0.4, 0.5) is 0 Å². The molecule has 4 amide bonds. The maximum absolute atomic E-state index is 13.2. The third-order valence-corrected chi connectivity index (χ3v) is 5.89. The van der Waals surface area contributed by atoms with Gasteiger partial charge < -0.3 is 54.2 Å². The molecule has 42 heavy (non-hydrogen) atoms. The number of rotatable bonds is 19. The van der Waals surface area contributed by atoms with Gasteiger partial charge in [-0.2, -0.15) is 0 Å². The Hall–Kier alpha value is -4.93. The molecule has 0 saturated heterocycles. The van der Waals surface area contributed by atoms with Gasteiger partial charge in [-0.05, 0) is 43.4 Å². The van der Waals surface area contributed by atoms with Crippen molar-refractivity contribution in [3.8, 4) is 5.75 Å². The molecule has 0 saturated carbocycles. The average molecular weight is 595 g/mol. The predicted octanol–water partition coefficient (Wildman–Crippen LogP) is -3.02. The SMILES string of the molecule is NC(=O)CCC(NC(=O)C(N)CCC(=O)O)C(=O)NC(Cc1ccc(O)cc1)C(=O)NC(CCCN=C(N)N)C(=O)O. The number of hydrogen-bond acceptors (Lipinski definition) is 9. The first kappa shape index (κ1) is 35.1. The highest BCUT2D eigenvalue weighted by atomic mass is 16.4. The van der Waals surface area contributed by atoms with E-state index in [9.17, 15) is 39.0 Å². The minimum absolute atomic E-state index is 0.0384. The van der Waals surface area contributed by atoms with Gasteiger partial charge in [-0.25, -0.2) is 4.79 Å². The fourth-order valence-electron chi connectivity index (χ4n) is 3.63. The summed E-state index contributed by atoms with van der Waals surface area (Å²) in [7, 11) is 0. The van der Waals surface area contributed by atoms with Gasteiger partial charge in [-0.3, -0.25) is 29.0 Å². The van der Waals surface area contributed by atoms with Gasteiger partial charge in [-0.1, -0.05) is 12.1 Å². The molecule has 0 aliphatic rings. The van der Waals surface area contributed by atoms with E-state index >= 15 is 0 Å². The summed E-state index contributed by atoms with van der Waals surface area (Å²) in [5, 5.41) is 35.2. The van der Waals surface area contributed by atoms with Gasteiger partial charge >= 0.3 is 11.9 Å². The second kappa shape index (κ2) is 17.7. The summed E-state index contributed by atoms with van der Waals surface area (Å²) in [6.07, 6.45) is -1.19. The van der Waals surface area contributed by atoms with Crippen LogP contribution in [0, 0.1) is 0 Å². The number of benzene rings is 1. The van der Waals surface area contributed by atoms with Crippen LogP contribution in [0.2, 0.25) is 0 Å². The zero-order valence-electron chi connectivity index (χ0n) is 22.8. The Kier molecular flexibility index (Phi) is 14.8. The average Bonchev–Trinajstić information content (AvgIpc) is 2.91. The highest BCUT2D eigenvalue weighted by Gasteiger charge is 2.30. The molecule has 0 heterocycles. The maximum atomic E-state index is 13.2. The number of nitrogens with one attached hydrogen (secondary N) is 3. The first-order chi connectivity index (χ1) is 19.7. The molecule has 0 spiro atoms. The van der Waals surface area contributed by atoms with E-state index in [0.29, 0.717) is 5.56 Å². The molecule has 0 fully saturated rings. The number of phenolic OH excluding ortho intramolecular Hbond substituents is 1. The standard InChI is InChI=1S/C25H38N8O9/c26-15(7-10-20(36)37)21(38)31-16(8-9-19(27)35)22(39)33-18(12-13-3-5-14(34)6-4-13)23(40)32-17(24(41)42)2-1-11-30-25(28)29/h3-6,15-18,34H,1-2,7-12,26H2,(H2,27,35)(H,31,38)(H,32,40)(H,33,39)(H,36,37)(H,41,42)(H4,28,29,30). The molecular formula is C25H38N8O9. The highest BCUT2D eigenvalue weighted by Crippen LogP contribution is 2.12. The van der Waals surface area contributed by atoms with Crippen molar-refractivity contribution >= 4 is 41.5 Å². The van der Waals surface area contributed by atoms with E-state index in [1.165, 1.54) is 24.3 Å². The zero-order chi connectivity index (χ0) is 31.8. The lowest BCUT2D eigenvalue weighted by molar-refractivity contribution is -0.142. The molecular weight excluding hydrogens is 556 g/mol. The van der Waals surface area contributed by atoms with Crippen molar-refractivity contribution in [2.24, 2.45) is 27.9 Å². The third kappa shape index (κ3) is 13.9. The number of nitrogens with zero attached hydrogens (tertiary/aromatic N) is 1. The fourth-order valence-corrected chi connectivity index (χ4v) is 3.63. The van der Waals surface area contributed by atoms with Gasteiger partial charge in [0, 0.05) is 25.8 Å². The molecule has 4 unspecified atom stereocenters. The number of amides is 4. The first-order valence-corrected chi connectivity index (χ1v) is 12.9. The first-order valence-electron chi connectivity index (χ1n) is 12.9. The largest absolute Gasteiger partial charge is 0.508 e. The predicted molar refractivity (Wildman–Crippen MR) is 148 cm³/mol. The lowest BCUT2D eigenvalue weighted by Crippen LogP contribution is -2.57. The topological polar surface area (TPSA) is 316 Å². The van der Waals surface area contributed by atoms with E-state index in [4.69, 9.17) is 28.0 Å². The third-order valence-electron chi connectivity index (χ3n) is 5.89. The number of carboxylic acid groups (broad SMARTS) is 2. The molecule has 17 heteroatoms. The van der Waals surface area contributed by atoms with Crippen LogP contribution in [0.1, 0.15) is 44.1 Å². The number of aromatic hydroxyl groups is 1. The van der Waals surface area contributed by atoms with Crippen molar-refractivity contribution in [1.29, 1.82) is 0 Å². The Bertz CT molecular complexity index is 1140. The number of carbonyl (C=O) groups is 6. The van der Waals surface area contributed by atoms with Gasteiger partial charge in [0.05, 0.1) is 6.04 Å². The smallest absolute Gasteiger partial charge is 0.326 e. The summed E-state index contributed by atoms with van der Waals surface area (Å²) in [6.45, 7) is 0.117. The van der Waals surface area contributed by atoms with E-state index in [1.807, 2.05) is 0 Å². The van der Waals surface area contributed by atoms with Gasteiger partial charge in [0.2, 0.25) is 23.6 Å². The van der Waals surface area contributed by atoms with E-state index in [1.54, 1.807) is 0 Å². The Labute approximate surface area is 241 Å². The Balaban J connectivity index is 3.16. The number of phenols is 1. The number of carbonyl (C=O) groups excluding carboxylic acids is 4. The molecule has 0 aliphatic carbocycles. The maximum Gasteiger partial charge on any atom is 0.326 e. The van der Waals surface area contributed by atoms with Crippen molar-refractivity contribution in [1.82, 2.24) is 16.0 Å². The van der Waals surface area contributed by atoms with E-state index in [0.717, 1.165) is 0 Å². The second-order valence-corrected chi connectivity index (χ2v) is 9.39. The van der Waals surface area contributed by atoms with E-state index in [-0.39, 0.29) is 56.8 Å². The van der Waals surface area contributed by atoms with E-state index in [2.05, 4.69) is 20.9 Å². The van der Waals surface area contributed by atoms with Gasteiger partial charge in [0.1, 0.15) is 23.9 Å². The van der Waals surface area contributed by atoms with Crippen molar-refractivity contribution in [3.05, 3.63) is 29.8 Å². The number of primary amides is 1. The number of aliphatic carboxylic acids is 2. The van der Waals surface area contributed by atoms with Crippen molar-refractivity contribution < 1.29 is 44.1 Å². The normalized spacial score (nSPS) is 13.5.